The Labute approximate surface area is 145 Å². The molecule has 0 aliphatic rings. The maximum Gasteiger partial charge on any atom is 0.416 e. The number of nitro groups is 1. The Morgan fingerprint density at radius 2 is 1.77 bits per heavy atom. The van der Waals surface area contributed by atoms with Crippen molar-refractivity contribution in [3.63, 3.8) is 0 Å². The predicted molar refractivity (Wildman–Crippen MR) is 88.8 cm³/mol. The van der Waals surface area contributed by atoms with E-state index >= 15 is 0 Å². The van der Waals surface area contributed by atoms with Crippen LogP contribution in [0.5, 0.6) is 0 Å². The van der Waals surface area contributed by atoms with Crippen LogP contribution in [-0.4, -0.2) is 14.9 Å². The smallest absolute Gasteiger partial charge is 0.324 e. The van der Waals surface area contributed by atoms with Gasteiger partial charge in [0.05, 0.1) is 16.2 Å². The van der Waals surface area contributed by atoms with E-state index in [-0.39, 0.29) is 11.6 Å². The number of nitrogens with one attached hydrogen (secondary N) is 1. The Balaban J connectivity index is 1.84. The highest BCUT2D eigenvalue weighted by atomic mass is 19.4. The predicted octanol–water partition coefficient (Wildman–Crippen LogP) is 4.81. The molecular formula is C17H11F3N4O2. The first kappa shape index (κ1) is 17.3. The first-order valence-corrected chi connectivity index (χ1v) is 7.35. The SMILES string of the molecule is O=[N+]([O-])c1cccc(-c2ccnc(Nc3ccc(C(F)(F)F)cc3)n2)c1. The van der Waals surface area contributed by atoms with Crippen molar-refractivity contribution in [3.8, 4) is 11.3 Å². The molecule has 0 spiro atoms. The fourth-order valence-corrected chi connectivity index (χ4v) is 2.23. The number of rotatable bonds is 4. The molecule has 3 rings (SSSR count). The van der Waals surface area contributed by atoms with Crippen molar-refractivity contribution in [1.82, 2.24) is 9.97 Å². The van der Waals surface area contributed by atoms with Crippen molar-refractivity contribution in [2.45, 2.75) is 6.18 Å². The summed E-state index contributed by atoms with van der Waals surface area (Å²) in [7, 11) is 0. The molecule has 0 amide bonds. The van der Waals surface area contributed by atoms with Gasteiger partial charge in [0.1, 0.15) is 0 Å². The van der Waals surface area contributed by atoms with E-state index < -0.39 is 16.7 Å². The molecule has 0 aliphatic carbocycles. The third-order valence-corrected chi connectivity index (χ3v) is 3.48. The zero-order chi connectivity index (χ0) is 18.7. The van der Waals surface area contributed by atoms with Crippen molar-refractivity contribution in [2.24, 2.45) is 0 Å². The molecule has 0 bridgehead atoms. The molecule has 3 aromatic rings. The Morgan fingerprint density at radius 1 is 1.04 bits per heavy atom. The zero-order valence-corrected chi connectivity index (χ0v) is 13.1. The Bertz CT molecular complexity index is 943. The third-order valence-electron chi connectivity index (χ3n) is 3.48. The van der Waals surface area contributed by atoms with Crippen LogP contribution in [0.2, 0.25) is 0 Å². The number of halogens is 3. The number of alkyl halides is 3. The largest absolute Gasteiger partial charge is 0.416 e. The number of nitrogens with zero attached hydrogens (tertiary/aromatic N) is 3. The molecule has 9 heteroatoms. The fourth-order valence-electron chi connectivity index (χ4n) is 2.23. The Hall–Kier alpha value is -3.49. The molecule has 6 nitrogen and oxygen atoms in total. The van der Waals surface area contributed by atoms with Crippen LogP contribution in [0.1, 0.15) is 5.56 Å². The summed E-state index contributed by atoms with van der Waals surface area (Å²) in [5, 5.41) is 13.7. The number of hydrogen-bond donors (Lipinski definition) is 1. The molecule has 0 unspecified atom stereocenters. The van der Waals surface area contributed by atoms with Gasteiger partial charge in [0, 0.05) is 29.6 Å². The third kappa shape index (κ3) is 3.94. The maximum absolute atomic E-state index is 12.6. The first-order chi connectivity index (χ1) is 12.3. The highest BCUT2D eigenvalue weighted by molar-refractivity contribution is 5.64. The summed E-state index contributed by atoms with van der Waals surface area (Å²) in [5.41, 5.74) is 0.525. The van der Waals surface area contributed by atoms with Crippen LogP contribution in [0.3, 0.4) is 0 Å². The van der Waals surface area contributed by atoms with E-state index in [2.05, 4.69) is 15.3 Å². The lowest BCUT2D eigenvalue weighted by Crippen LogP contribution is -2.04. The minimum absolute atomic E-state index is 0.0710. The molecule has 0 fully saturated rings. The average molecular weight is 360 g/mol. The van der Waals surface area contributed by atoms with Crippen LogP contribution >= 0.6 is 0 Å². The molecule has 0 saturated heterocycles. The van der Waals surface area contributed by atoms with E-state index in [1.165, 1.54) is 30.5 Å². The van der Waals surface area contributed by atoms with Gasteiger partial charge in [-0.3, -0.25) is 10.1 Å². The number of benzene rings is 2. The minimum atomic E-state index is -4.41. The second-order valence-electron chi connectivity index (χ2n) is 5.27. The summed E-state index contributed by atoms with van der Waals surface area (Å²) in [5.74, 6) is 0.161. The maximum atomic E-state index is 12.6. The number of hydrogen-bond acceptors (Lipinski definition) is 5. The van der Waals surface area contributed by atoms with Crippen molar-refractivity contribution in [1.29, 1.82) is 0 Å². The van der Waals surface area contributed by atoms with Crippen molar-refractivity contribution < 1.29 is 18.1 Å². The monoisotopic (exact) mass is 360 g/mol. The van der Waals surface area contributed by atoms with Gasteiger partial charge >= 0.3 is 6.18 Å². The molecule has 0 aliphatic heterocycles. The molecule has 1 aromatic heterocycles. The van der Waals surface area contributed by atoms with Crippen molar-refractivity contribution in [3.05, 3.63) is 76.5 Å². The van der Waals surface area contributed by atoms with Gasteiger partial charge < -0.3 is 5.32 Å². The second kappa shape index (κ2) is 6.79. The van der Waals surface area contributed by atoms with Gasteiger partial charge in [-0.15, -0.1) is 0 Å². The van der Waals surface area contributed by atoms with Gasteiger partial charge in [-0.05, 0) is 30.3 Å². The van der Waals surface area contributed by atoms with Crippen LogP contribution in [0.15, 0.2) is 60.8 Å². The minimum Gasteiger partial charge on any atom is -0.324 e. The van der Waals surface area contributed by atoms with Crippen molar-refractivity contribution in [2.75, 3.05) is 5.32 Å². The van der Waals surface area contributed by atoms with Gasteiger partial charge in [0.25, 0.3) is 5.69 Å². The van der Waals surface area contributed by atoms with Crippen LogP contribution in [-0.2, 0) is 6.18 Å². The normalized spacial score (nSPS) is 11.2. The van der Waals surface area contributed by atoms with Gasteiger partial charge in [-0.1, -0.05) is 12.1 Å². The summed E-state index contributed by atoms with van der Waals surface area (Å²) < 4.78 is 37.8. The van der Waals surface area contributed by atoms with Gasteiger partial charge in [0.15, 0.2) is 0 Å². The number of anilines is 2. The summed E-state index contributed by atoms with van der Waals surface area (Å²) in [6.07, 6.45) is -2.95. The van der Waals surface area contributed by atoms with E-state index in [0.29, 0.717) is 16.9 Å². The summed E-state index contributed by atoms with van der Waals surface area (Å²) in [6.45, 7) is 0. The lowest BCUT2D eigenvalue weighted by Gasteiger charge is -2.09. The van der Waals surface area contributed by atoms with E-state index in [0.717, 1.165) is 12.1 Å². The van der Waals surface area contributed by atoms with Crippen LogP contribution in [0.4, 0.5) is 30.5 Å². The zero-order valence-electron chi connectivity index (χ0n) is 13.1. The van der Waals surface area contributed by atoms with Gasteiger partial charge in [-0.25, -0.2) is 9.97 Å². The summed E-state index contributed by atoms with van der Waals surface area (Å²) >= 11 is 0. The standard InChI is InChI=1S/C17H11F3N4O2/c18-17(19,20)12-4-6-13(7-5-12)22-16-21-9-8-15(23-16)11-2-1-3-14(10-11)24(25)26/h1-10H,(H,21,22,23). The summed E-state index contributed by atoms with van der Waals surface area (Å²) in [6, 6.07) is 12.0. The van der Waals surface area contributed by atoms with Crippen molar-refractivity contribution >= 4 is 17.3 Å². The molecule has 0 radical (unpaired) electrons. The first-order valence-electron chi connectivity index (χ1n) is 7.35. The van der Waals surface area contributed by atoms with Gasteiger partial charge in [0.2, 0.25) is 5.95 Å². The van der Waals surface area contributed by atoms with E-state index in [4.69, 9.17) is 0 Å². The molecule has 0 atom stereocenters. The fraction of sp³-hybridized carbons (Fsp3) is 0.0588. The van der Waals surface area contributed by atoms with Crippen LogP contribution in [0, 0.1) is 10.1 Å². The van der Waals surface area contributed by atoms with E-state index in [1.54, 1.807) is 18.2 Å². The highest BCUT2D eigenvalue weighted by Gasteiger charge is 2.29. The van der Waals surface area contributed by atoms with Crippen LogP contribution in [0.25, 0.3) is 11.3 Å². The molecule has 0 saturated carbocycles. The second-order valence-corrected chi connectivity index (χ2v) is 5.27. The molecule has 132 valence electrons. The molecule has 1 heterocycles. The topological polar surface area (TPSA) is 81.0 Å². The van der Waals surface area contributed by atoms with E-state index in [9.17, 15) is 23.3 Å². The number of nitro benzene ring substituents is 1. The summed E-state index contributed by atoms with van der Waals surface area (Å²) in [4.78, 5) is 18.6. The van der Waals surface area contributed by atoms with Gasteiger partial charge in [-0.2, -0.15) is 13.2 Å². The van der Waals surface area contributed by atoms with E-state index in [1.807, 2.05) is 0 Å². The number of non-ortho nitro benzene ring substituents is 1. The molecule has 2 aromatic carbocycles. The Kier molecular flexibility index (Phi) is 4.53. The molecule has 1 N–H and O–H groups in total. The average Bonchev–Trinajstić information content (AvgIpc) is 2.62. The quantitative estimate of drug-likeness (QED) is 0.533. The lowest BCUT2D eigenvalue weighted by molar-refractivity contribution is -0.384. The van der Waals surface area contributed by atoms with Crippen LogP contribution < -0.4 is 5.32 Å². The molecular weight excluding hydrogens is 349 g/mol. The Morgan fingerprint density at radius 3 is 2.42 bits per heavy atom. The highest BCUT2D eigenvalue weighted by Crippen LogP contribution is 2.30. The lowest BCUT2D eigenvalue weighted by atomic mass is 10.1. The number of aromatic nitrogens is 2. The molecule has 26 heavy (non-hydrogen) atoms.